The molecule has 92 heavy (non-hydrogen) atoms. The van der Waals surface area contributed by atoms with Crippen LogP contribution in [0, 0.1) is 20.2 Å². The molecule has 0 spiro atoms. The Morgan fingerprint density at radius 1 is 0.533 bits per heavy atom. The second kappa shape index (κ2) is 30.9. The molecular formula is C62H80N14O14S2. The molecule has 0 bridgehead atoms. The van der Waals surface area contributed by atoms with Gasteiger partial charge in [-0.15, -0.1) is 0 Å². The number of sulfonamides is 2. The number of nitro benzene ring substituents is 2. The summed E-state index contributed by atoms with van der Waals surface area (Å²) in [6.07, 6.45) is 8.56. The summed E-state index contributed by atoms with van der Waals surface area (Å²) < 4.78 is 101. The zero-order valence-corrected chi connectivity index (χ0v) is 54.8. The number of aryl methyl sites for hydroxylation is 2. The molecular weight excluding hydrogens is 1230 g/mol. The molecule has 8 aromatic rings. The van der Waals surface area contributed by atoms with E-state index in [-0.39, 0.29) is 52.2 Å². The number of nitrogens with two attached hydrogens (primary N) is 2. The molecule has 0 radical (unpaired) electrons. The number of benzene rings is 4. The van der Waals surface area contributed by atoms with Crippen LogP contribution >= 0.6 is 0 Å². The van der Waals surface area contributed by atoms with E-state index in [2.05, 4.69) is 19.9 Å². The first kappa shape index (κ1) is 68.9. The first-order chi connectivity index (χ1) is 44.1. The van der Waals surface area contributed by atoms with Crippen LogP contribution < -0.4 is 39.9 Å². The zero-order chi connectivity index (χ0) is 66.4. The molecule has 3 unspecified atom stereocenters. The number of unbranched alkanes of at least 4 members (excludes halogenated alkanes) is 3. The van der Waals surface area contributed by atoms with E-state index in [4.69, 9.17) is 49.9 Å². The second-order valence-electron chi connectivity index (χ2n) is 22.2. The number of rotatable bonds is 36. The van der Waals surface area contributed by atoms with E-state index in [0.29, 0.717) is 146 Å². The Balaban J connectivity index is 1.04. The highest BCUT2D eigenvalue weighted by Crippen LogP contribution is 2.41. The first-order valence-corrected chi connectivity index (χ1v) is 33.0. The summed E-state index contributed by atoms with van der Waals surface area (Å²) in [5.74, 6) is 4.43. The van der Waals surface area contributed by atoms with Crippen LogP contribution in [-0.4, -0.2) is 142 Å². The lowest BCUT2D eigenvalue weighted by atomic mass is 10.0. The Morgan fingerprint density at radius 3 is 1.33 bits per heavy atom. The predicted molar refractivity (Wildman–Crippen MR) is 346 cm³/mol. The van der Waals surface area contributed by atoms with Gasteiger partial charge in [-0.05, 0) is 118 Å². The molecule has 0 saturated heterocycles. The molecule has 0 aliphatic heterocycles. The van der Waals surface area contributed by atoms with Crippen LogP contribution in [0.4, 0.5) is 23.0 Å². The molecule has 30 heteroatoms. The number of ether oxygens (including phenoxy) is 6. The van der Waals surface area contributed by atoms with Crippen molar-refractivity contribution in [2.75, 3.05) is 60.7 Å². The van der Waals surface area contributed by atoms with E-state index < -0.39 is 48.0 Å². The van der Waals surface area contributed by atoms with E-state index in [0.717, 1.165) is 29.7 Å². The van der Waals surface area contributed by atoms with Crippen LogP contribution in [0.5, 0.6) is 34.5 Å². The highest BCUT2D eigenvalue weighted by atomic mass is 32.2. The van der Waals surface area contributed by atoms with Crippen molar-refractivity contribution in [1.29, 1.82) is 0 Å². The average Bonchev–Trinajstić information content (AvgIpc) is 1.51. The lowest BCUT2D eigenvalue weighted by Gasteiger charge is -2.36. The summed E-state index contributed by atoms with van der Waals surface area (Å²) in [5, 5.41) is 23.5. The lowest BCUT2D eigenvalue weighted by molar-refractivity contribution is -0.385. The number of hydrogen-bond donors (Lipinski definition) is 2. The zero-order valence-electron chi connectivity index (χ0n) is 53.2. The number of non-ortho nitro benzene ring substituents is 2. The van der Waals surface area contributed by atoms with Gasteiger partial charge in [0.25, 0.3) is 11.4 Å². The Morgan fingerprint density at radius 2 is 0.935 bits per heavy atom. The van der Waals surface area contributed by atoms with Crippen molar-refractivity contribution < 1.29 is 55.1 Å². The molecule has 4 aromatic carbocycles. The van der Waals surface area contributed by atoms with Crippen LogP contribution in [0.15, 0.2) is 95.2 Å². The fourth-order valence-electron chi connectivity index (χ4n) is 11.7. The fraction of sp³-hybridized carbons (Fsp3) is 0.452. The number of anilines is 2. The maximum atomic E-state index is 15.2. The minimum Gasteiger partial charge on any atom is -0.493 e. The molecule has 0 amide bonds. The SMILES string of the molecule is CCCCC(CCCN(C(C)CCCCn1c(Cc2cc(OC)c(OC)c(OC)c2)nc2c(N)ncnc21)S(=O)(=O)c1ccc([N+](=O)[O-])cc1)N(C(C)CCCCn1c(Cc2cc(OC)c(OC)c(OC)c2)nc2c(N)ncnc21)S(=O)(=O)c1ccc([N+](=O)[O-])cc1. The normalized spacial score (nSPS) is 12.9. The molecule has 4 aromatic heterocycles. The van der Waals surface area contributed by atoms with Crippen molar-refractivity contribution in [2.45, 2.75) is 145 Å². The van der Waals surface area contributed by atoms with Crippen molar-refractivity contribution in [3.63, 3.8) is 0 Å². The Kier molecular flexibility index (Phi) is 23.1. The summed E-state index contributed by atoms with van der Waals surface area (Å²) in [4.78, 5) is 49.2. The minimum atomic E-state index is -4.36. The van der Waals surface area contributed by atoms with Crippen LogP contribution in [0.2, 0.25) is 0 Å². The monoisotopic (exact) mass is 1310 g/mol. The lowest BCUT2D eigenvalue weighted by Crippen LogP contribution is -2.46. The fourth-order valence-corrected chi connectivity index (χ4v) is 15.3. The Hall–Kier alpha value is -9.00. The number of imidazole rings is 2. The first-order valence-electron chi connectivity index (χ1n) is 30.2. The summed E-state index contributed by atoms with van der Waals surface area (Å²) in [6, 6.07) is 15.0. The van der Waals surface area contributed by atoms with Crippen LogP contribution in [0.3, 0.4) is 0 Å². The number of nitrogens with zero attached hydrogens (tertiary/aromatic N) is 12. The van der Waals surface area contributed by atoms with Gasteiger partial charge in [0.15, 0.2) is 57.0 Å². The topological polar surface area (TPSA) is 356 Å². The molecule has 28 nitrogen and oxygen atoms in total. The number of nitrogen functional groups attached to an aromatic ring is 2. The van der Waals surface area contributed by atoms with Crippen molar-refractivity contribution in [1.82, 2.24) is 47.6 Å². The van der Waals surface area contributed by atoms with Gasteiger partial charge in [-0.2, -0.15) is 8.61 Å². The van der Waals surface area contributed by atoms with Crippen LogP contribution in [0.25, 0.3) is 22.3 Å². The van der Waals surface area contributed by atoms with E-state index in [9.17, 15) is 28.6 Å². The third-order valence-corrected chi connectivity index (χ3v) is 20.4. The summed E-state index contributed by atoms with van der Waals surface area (Å²) >= 11 is 0. The highest BCUT2D eigenvalue weighted by Gasteiger charge is 2.37. The number of fused-ring (bicyclic) bond motifs is 2. The molecule has 8 rings (SSSR count). The van der Waals surface area contributed by atoms with E-state index in [1.165, 1.54) is 100 Å². The van der Waals surface area contributed by atoms with Gasteiger partial charge in [0.2, 0.25) is 31.5 Å². The summed E-state index contributed by atoms with van der Waals surface area (Å²) in [5.41, 5.74) is 15.6. The largest absolute Gasteiger partial charge is 0.493 e. The third kappa shape index (κ3) is 15.5. The van der Waals surface area contributed by atoms with Gasteiger partial charge in [-0.1, -0.05) is 32.6 Å². The van der Waals surface area contributed by atoms with Crippen LogP contribution in [0.1, 0.15) is 114 Å². The molecule has 0 aliphatic carbocycles. The molecule has 0 aliphatic rings. The minimum absolute atomic E-state index is 0.0322. The summed E-state index contributed by atoms with van der Waals surface area (Å²) in [6.45, 7) is 6.47. The number of methoxy groups -OCH3 is 6. The Bertz CT molecular complexity index is 4050. The smallest absolute Gasteiger partial charge is 0.269 e. The number of hydrogen-bond acceptors (Lipinski definition) is 22. The van der Waals surface area contributed by atoms with E-state index in [1.54, 1.807) is 0 Å². The van der Waals surface area contributed by atoms with Crippen molar-refractivity contribution in [2.24, 2.45) is 0 Å². The maximum Gasteiger partial charge on any atom is 0.269 e. The molecule has 0 saturated carbocycles. The number of nitro groups is 2. The van der Waals surface area contributed by atoms with Gasteiger partial charge in [0.1, 0.15) is 24.3 Å². The molecule has 3 atom stereocenters. The van der Waals surface area contributed by atoms with E-state index in [1.807, 2.05) is 54.2 Å². The van der Waals surface area contributed by atoms with Gasteiger partial charge < -0.3 is 49.0 Å². The van der Waals surface area contributed by atoms with Gasteiger partial charge in [0, 0.05) is 74.9 Å². The molecule has 494 valence electrons. The molecule has 4 N–H and O–H groups in total. The van der Waals surface area contributed by atoms with Crippen molar-refractivity contribution in [3.8, 4) is 34.5 Å². The van der Waals surface area contributed by atoms with Crippen LogP contribution in [-0.2, 0) is 46.0 Å². The van der Waals surface area contributed by atoms with Gasteiger partial charge in [0.05, 0.1) is 62.3 Å². The highest BCUT2D eigenvalue weighted by molar-refractivity contribution is 7.89. The Labute approximate surface area is 534 Å². The predicted octanol–water partition coefficient (Wildman–Crippen LogP) is 9.72. The van der Waals surface area contributed by atoms with Gasteiger partial charge >= 0.3 is 0 Å². The standard InChI is InChI=1S/C62H80N14O14S2/c1-10-11-19-44(74(92(83,84)48-27-23-46(24-28-48)76(79)80)41(3)18-13-15-30-72-54(70-56-60(64)66-39-68-62(56)72)37-43-34-51(87-6)58(90-9)52(35-43)88-7)20-16-31-73(91(81,82)47-25-21-45(22-26-47)75(77)78)40(2)17-12-14-29-71-53(69-55-59(63)65-38-67-61(55)71)36-42-32-49(85-4)57(89-8)50(33-42)86-5/h21-28,32-35,38-41,44H,10-20,29-31,36-37H2,1-9H3,(H2,63,65,67)(H2,64,66,68). The van der Waals surface area contributed by atoms with Crippen molar-refractivity contribution in [3.05, 3.63) is 128 Å². The van der Waals surface area contributed by atoms with Crippen molar-refractivity contribution >= 4 is 65.4 Å². The maximum absolute atomic E-state index is 15.2. The van der Waals surface area contributed by atoms with Gasteiger partial charge in [-0.25, -0.2) is 46.7 Å². The van der Waals surface area contributed by atoms with Gasteiger partial charge in [-0.3, -0.25) is 20.2 Å². The van der Waals surface area contributed by atoms with E-state index >= 15 is 8.42 Å². The molecule has 4 heterocycles. The number of aromatic nitrogens is 8. The third-order valence-electron chi connectivity index (χ3n) is 16.3. The second-order valence-corrected chi connectivity index (χ2v) is 26.0. The quantitative estimate of drug-likeness (QED) is 0.0209. The average molecular weight is 1310 g/mol. The summed E-state index contributed by atoms with van der Waals surface area (Å²) in [7, 11) is 0.512. The molecule has 0 fully saturated rings.